The van der Waals surface area contributed by atoms with Crippen molar-refractivity contribution >= 4 is 23.7 Å². The molecule has 3 saturated heterocycles. The van der Waals surface area contributed by atoms with Gasteiger partial charge in [-0.3, -0.25) is 4.79 Å². The summed E-state index contributed by atoms with van der Waals surface area (Å²) in [5.74, 6) is 0.714. The molecule has 0 bridgehead atoms. The zero-order valence-corrected chi connectivity index (χ0v) is 25.9. The Labute approximate surface area is 260 Å². The number of urea groups is 2. The quantitative estimate of drug-likeness (QED) is 0.493. The summed E-state index contributed by atoms with van der Waals surface area (Å²) in [4.78, 5) is 48.6. The van der Waals surface area contributed by atoms with Gasteiger partial charge in [0, 0.05) is 56.9 Å². The second-order valence-electron chi connectivity index (χ2n) is 12.6. The van der Waals surface area contributed by atoms with E-state index in [0.29, 0.717) is 44.9 Å². The molecule has 1 unspecified atom stereocenters. The maximum absolute atomic E-state index is 14.0. The maximum Gasteiger partial charge on any atom is 0.322 e. The Morgan fingerprint density at radius 2 is 1.59 bits per heavy atom. The van der Waals surface area contributed by atoms with Crippen LogP contribution in [0.2, 0.25) is 0 Å². The molecule has 0 radical (unpaired) electrons. The highest BCUT2D eigenvalue weighted by molar-refractivity contribution is 5.92. The molecule has 44 heavy (non-hydrogen) atoms. The minimum atomic E-state index is -0.664. The molecule has 0 aromatic heterocycles. The lowest BCUT2D eigenvalue weighted by Crippen LogP contribution is -2.57. The van der Waals surface area contributed by atoms with E-state index in [1.807, 2.05) is 58.3 Å². The Morgan fingerprint density at radius 3 is 2.34 bits per heavy atom. The van der Waals surface area contributed by atoms with Gasteiger partial charge in [0.2, 0.25) is 5.91 Å². The fraction of sp³-hybridized carbons (Fsp3) is 0.559. The van der Waals surface area contributed by atoms with Crippen LogP contribution in [0.3, 0.4) is 0 Å². The van der Waals surface area contributed by atoms with Crippen molar-refractivity contribution in [3.8, 4) is 5.75 Å². The minimum absolute atomic E-state index is 0.0168. The standard InChI is InChI=1S/C34H46N6O4/c1-44-29-10-7-8-25(22-29)23-31(32(41)38-18-12-27(13-19-38)37-16-5-2-6-17-37)36-33(42)39-20-14-28(15-21-39)40-24-26-9-3-4-11-30(26)35-34(40)43/h3-4,7-11,22,27-28,31H,2,5-6,12-21,23-24H2,1H3,(H,35,43)(H,36,42). The molecule has 4 heterocycles. The first-order valence-corrected chi connectivity index (χ1v) is 16.3. The first-order valence-electron chi connectivity index (χ1n) is 16.3. The molecule has 1 atom stereocenters. The number of para-hydroxylation sites is 1. The Kier molecular flexibility index (Phi) is 9.54. The van der Waals surface area contributed by atoms with Crippen LogP contribution in [0.25, 0.3) is 0 Å². The number of fused-ring (bicyclic) bond motifs is 1. The number of hydrogen-bond donors (Lipinski definition) is 2. The minimum Gasteiger partial charge on any atom is -0.497 e. The number of nitrogens with zero attached hydrogens (tertiary/aromatic N) is 4. The van der Waals surface area contributed by atoms with Crippen LogP contribution in [-0.4, -0.2) is 102 Å². The first-order chi connectivity index (χ1) is 21.5. The molecule has 0 aliphatic carbocycles. The number of rotatable bonds is 7. The van der Waals surface area contributed by atoms with Gasteiger partial charge in [0.25, 0.3) is 0 Å². The topological polar surface area (TPSA) is 97.5 Å². The molecule has 2 aromatic carbocycles. The second-order valence-corrected chi connectivity index (χ2v) is 12.6. The lowest BCUT2D eigenvalue weighted by molar-refractivity contribution is -0.134. The zero-order chi connectivity index (χ0) is 30.5. The lowest BCUT2D eigenvalue weighted by Gasteiger charge is -2.42. The average Bonchev–Trinajstić information content (AvgIpc) is 3.08. The summed E-state index contributed by atoms with van der Waals surface area (Å²) in [6.45, 7) is 5.41. The van der Waals surface area contributed by atoms with Crippen LogP contribution in [0.1, 0.15) is 56.1 Å². The van der Waals surface area contributed by atoms with E-state index in [2.05, 4.69) is 15.5 Å². The maximum atomic E-state index is 14.0. The van der Waals surface area contributed by atoms with Gasteiger partial charge in [0.1, 0.15) is 11.8 Å². The summed E-state index contributed by atoms with van der Waals surface area (Å²) in [5.41, 5.74) is 2.92. The summed E-state index contributed by atoms with van der Waals surface area (Å²) in [7, 11) is 1.63. The van der Waals surface area contributed by atoms with Crippen LogP contribution in [0.5, 0.6) is 5.75 Å². The third kappa shape index (κ3) is 6.96. The van der Waals surface area contributed by atoms with Crippen molar-refractivity contribution in [3.63, 3.8) is 0 Å². The lowest BCUT2D eigenvalue weighted by atomic mass is 9.98. The Balaban J connectivity index is 1.08. The third-order valence-electron chi connectivity index (χ3n) is 9.91. The smallest absolute Gasteiger partial charge is 0.322 e. The summed E-state index contributed by atoms with van der Waals surface area (Å²) >= 11 is 0. The van der Waals surface area contributed by atoms with Crippen molar-refractivity contribution in [1.82, 2.24) is 24.9 Å². The summed E-state index contributed by atoms with van der Waals surface area (Å²) in [6.07, 6.45) is 7.61. The third-order valence-corrected chi connectivity index (χ3v) is 9.91. The summed E-state index contributed by atoms with van der Waals surface area (Å²) < 4.78 is 5.42. The highest BCUT2D eigenvalue weighted by Gasteiger charge is 2.35. The van der Waals surface area contributed by atoms with Gasteiger partial charge in [-0.05, 0) is 80.9 Å². The normalized spacial score (nSPS) is 20.9. The van der Waals surface area contributed by atoms with Gasteiger partial charge in [-0.2, -0.15) is 0 Å². The number of ether oxygens (including phenoxy) is 1. The van der Waals surface area contributed by atoms with Crippen LogP contribution >= 0.6 is 0 Å². The highest BCUT2D eigenvalue weighted by Crippen LogP contribution is 2.28. The predicted molar refractivity (Wildman–Crippen MR) is 170 cm³/mol. The molecule has 0 saturated carbocycles. The Morgan fingerprint density at radius 1 is 0.886 bits per heavy atom. The van der Waals surface area contributed by atoms with Crippen LogP contribution in [0, 0.1) is 0 Å². The van der Waals surface area contributed by atoms with Crippen molar-refractivity contribution in [3.05, 3.63) is 59.7 Å². The molecule has 10 nitrogen and oxygen atoms in total. The van der Waals surface area contributed by atoms with Crippen molar-refractivity contribution in [2.75, 3.05) is 51.7 Å². The van der Waals surface area contributed by atoms with E-state index in [1.165, 1.54) is 32.4 Å². The van der Waals surface area contributed by atoms with Gasteiger partial charge < -0.3 is 35.0 Å². The van der Waals surface area contributed by atoms with Gasteiger partial charge >= 0.3 is 12.1 Å². The number of likely N-dealkylation sites (tertiary alicyclic amines) is 3. The predicted octanol–water partition coefficient (Wildman–Crippen LogP) is 4.30. The number of benzene rings is 2. The number of nitrogens with one attached hydrogen (secondary N) is 2. The fourth-order valence-corrected chi connectivity index (χ4v) is 7.33. The van der Waals surface area contributed by atoms with Crippen LogP contribution in [0.15, 0.2) is 48.5 Å². The van der Waals surface area contributed by atoms with Gasteiger partial charge in [-0.15, -0.1) is 0 Å². The summed E-state index contributed by atoms with van der Waals surface area (Å²) in [6, 6.07) is 15.2. The van der Waals surface area contributed by atoms with Crippen LogP contribution in [0.4, 0.5) is 15.3 Å². The monoisotopic (exact) mass is 602 g/mol. The highest BCUT2D eigenvalue weighted by atomic mass is 16.5. The number of methoxy groups -OCH3 is 1. The number of amides is 5. The van der Waals surface area contributed by atoms with Crippen LogP contribution in [-0.2, 0) is 17.8 Å². The SMILES string of the molecule is COc1cccc(CC(NC(=O)N2CCC(N3Cc4ccccc4NC3=O)CC2)C(=O)N2CCC(N3CCCCC3)CC2)c1. The molecule has 236 valence electrons. The largest absolute Gasteiger partial charge is 0.497 e. The Hall–Kier alpha value is -3.79. The molecule has 4 aliphatic rings. The summed E-state index contributed by atoms with van der Waals surface area (Å²) in [5, 5.41) is 6.12. The second kappa shape index (κ2) is 13.9. The van der Waals surface area contributed by atoms with Gasteiger partial charge in [-0.25, -0.2) is 9.59 Å². The molecular weight excluding hydrogens is 556 g/mol. The molecule has 10 heteroatoms. The molecule has 0 spiro atoms. The van der Waals surface area contributed by atoms with E-state index in [1.54, 1.807) is 12.0 Å². The number of piperidine rings is 3. The van der Waals surface area contributed by atoms with Crippen molar-refractivity contribution in [1.29, 1.82) is 0 Å². The molecular formula is C34H46N6O4. The van der Waals surface area contributed by atoms with Gasteiger partial charge in [0.05, 0.1) is 7.11 Å². The zero-order valence-electron chi connectivity index (χ0n) is 25.9. The van der Waals surface area contributed by atoms with E-state index in [-0.39, 0.29) is 24.0 Å². The number of carbonyl (C=O) groups excluding carboxylic acids is 3. The average molecular weight is 603 g/mol. The molecule has 2 aromatic rings. The molecule has 2 N–H and O–H groups in total. The van der Waals surface area contributed by atoms with Gasteiger partial charge in [0.15, 0.2) is 0 Å². The first kappa shape index (κ1) is 30.2. The van der Waals surface area contributed by atoms with Crippen molar-refractivity contribution < 1.29 is 19.1 Å². The molecule has 3 fully saturated rings. The van der Waals surface area contributed by atoms with E-state index in [9.17, 15) is 14.4 Å². The molecule has 4 aliphatic heterocycles. The Bertz CT molecular complexity index is 1310. The molecule has 5 amide bonds. The van der Waals surface area contributed by atoms with E-state index in [4.69, 9.17) is 4.74 Å². The van der Waals surface area contributed by atoms with Crippen molar-refractivity contribution in [2.24, 2.45) is 0 Å². The van der Waals surface area contributed by atoms with E-state index in [0.717, 1.165) is 48.5 Å². The fourth-order valence-electron chi connectivity index (χ4n) is 7.33. The van der Waals surface area contributed by atoms with E-state index >= 15 is 0 Å². The van der Waals surface area contributed by atoms with Gasteiger partial charge in [-0.1, -0.05) is 36.8 Å². The van der Waals surface area contributed by atoms with Crippen molar-refractivity contribution in [2.45, 2.75) is 76.0 Å². The van der Waals surface area contributed by atoms with E-state index < -0.39 is 6.04 Å². The number of carbonyl (C=O) groups is 3. The number of hydrogen-bond acceptors (Lipinski definition) is 5. The molecule has 6 rings (SSSR count). The van der Waals surface area contributed by atoms with Crippen LogP contribution < -0.4 is 15.4 Å². The number of anilines is 1.